The first-order valence-corrected chi connectivity index (χ1v) is 8.88. The van der Waals surface area contributed by atoms with Crippen LogP contribution >= 0.6 is 0 Å². The molecule has 2 aliphatic heterocycles. The molecule has 2 N–H and O–H groups in total. The lowest BCUT2D eigenvalue weighted by Gasteiger charge is -2.18. The molecule has 1 saturated heterocycles. The molecule has 1 aromatic carbocycles. The van der Waals surface area contributed by atoms with Gasteiger partial charge in [-0.3, -0.25) is 9.30 Å². The Kier molecular flexibility index (Phi) is 4.01. The Bertz CT molecular complexity index is 625. The summed E-state index contributed by atoms with van der Waals surface area (Å²) in [6.45, 7) is 3.08. The van der Waals surface area contributed by atoms with Gasteiger partial charge in [-0.15, -0.1) is 0 Å². The number of sulfonamides is 1. The second kappa shape index (κ2) is 5.93. The van der Waals surface area contributed by atoms with E-state index in [1.165, 1.54) is 4.31 Å². The van der Waals surface area contributed by atoms with Crippen molar-refractivity contribution in [2.75, 3.05) is 29.7 Å². The van der Waals surface area contributed by atoms with Crippen LogP contribution in [0.5, 0.6) is 0 Å². The average molecular weight is 308 g/mol. The summed E-state index contributed by atoms with van der Waals surface area (Å²) in [6.07, 6.45) is 1.78. The monoisotopic (exact) mass is 308 g/mol. The molecule has 0 spiro atoms. The molecule has 0 unspecified atom stereocenters. The summed E-state index contributed by atoms with van der Waals surface area (Å²) in [6, 6.07) is 7.66. The number of hydrogen-bond acceptors (Lipinski definition) is 5. The predicted octanol–water partition coefficient (Wildman–Crippen LogP) is 0.665. The highest BCUT2D eigenvalue weighted by atomic mass is 32.2. The first-order valence-electron chi connectivity index (χ1n) is 7.27. The summed E-state index contributed by atoms with van der Waals surface area (Å²) >= 11 is 0. The van der Waals surface area contributed by atoms with Crippen LogP contribution in [0.3, 0.4) is 0 Å². The normalized spacial score (nSPS) is 20.8. The van der Waals surface area contributed by atoms with Crippen molar-refractivity contribution in [2.24, 2.45) is 4.99 Å². The Morgan fingerprint density at radius 1 is 1.24 bits per heavy atom. The van der Waals surface area contributed by atoms with Crippen molar-refractivity contribution in [1.29, 1.82) is 0 Å². The first kappa shape index (κ1) is 14.2. The van der Waals surface area contributed by atoms with Gasteiger partial charge in [0.05, 0.1) is 11.4 Å². The van der Waals surface area contributed by atoms with Gasteiger partial charge in [-0.25, -0.2) is 8.42 Å². The van der Waals surface area contributed by atoms with Crippen molar-refractivity contribution in [3.8, 4) is 0 Å². The maximum absolute atomic E-state index is 11.9. The van der Waals surface area contributed by atoms with E-state index >= 15 is 0 Å². The number of hydrogen-bond donors (Lipinski definition) is 2. The van der Waals surface area contributed by atoms with Gasteiger partial charge in [0.15, 0.2) is 5.96 Å². The van der Waals surface area contributed by atoms with Crippen LogP contribution in [0.25, 0.3) is 0 Å². The standard InChI is InChI=1S/C14H20N4O2S/c19-21(20)10-2-9-18(21)13-5-3-12(4-6-13)11-17-14-15-7-1-8-16-14/h3-6H,1-2,7-11H2,(H2,15,16,17). The molecule has 2 aliphatic rings. The van der Waals surface area contributed by atoms with Crippen molar-refractivity contribution in [2.45, 2.75) is 19.4 Å². The summed E-state index contributed by atoms with van der Waals surface area (Å²) in [5.41, 5.74) is 1.86. The molecular weight excluding hydrogens is 288 g/mol. The number of benzene rings is 1. The Balaban J connectivity index is 1.63. The molecule has 0 atom stereocenters. The third-order valence-electron chi connectivity index (χ3n) is 3.68. The molecule has 0 amide bonds. The number of anilines is 1. The maximum atomic E-state index is 11.9. The molecule has 0 saturated carbocycles. The van der Waals surface area contributed by atoms with Gasteiger partial charge < -0.3 is 10.6 Å². The van der Waals surface area contributed by atoms with Crippen LogP contribution in [-0.4, -0.2) is 39.8 Å². The van der Waals surface area contributed by atoms with E-state index in [0.717, 1.165) is 36.7 Å². The van der Waals surface area contributed by atoms with Crippen LogP contribution in [0.1, 0.15) is 18.4 Å². The topological polar surface area (TPSA) is 73.8 Å². The molecule has 114 valence electrons. The van der Waals surface area contributed by atoms with E-state index in [-0.39, 0.29) is 5.75 Å². The summed E-state index contributed by atoms with van der Waals surface area (Å²) in [4.78, 5) is 4.35. The fourth-order valence-corrected chi connectivity index (χ4v) is 4.11. The van der Waals surface area contributed by atoms with E-state index in [4.69, 9.17) is 0 Å². The third kappa shape index (κ3) is 3.29. The quantitative estimate of drug-likeness (QED) is 0.860. The molecule has 0 aliphatic carbocycles. The van der Waals surface area contributed by atoms with E-state index in [9.17, 15) is 8.42 Å². The van der Waals surface area contributed by atoms with Crippen molar-refractivity contribution in [1.82, 2.24) is 10.6 Å². The van der Waals surface area contributed by atoms with Gasteiger partial charge in [0, 0.05) is 26.2 Å². The van der Waals surface area contributed by atoms with Crippen LogP contribution in [0.2, 0.25) is 0 Å². The molecule has 21 heavy (non-hydrogen) atoms. The van der Waals surface area contributed by atoms with Gasteiger partial charge in [0.1, 0.15) is 0 Å². The van der Waals surface area contributed by atoms with E-state index in [0.29, 0.717) is 19.5 Å². The molecule has 1 fully saturated rings. The minimum absolute atomic E-state index is 0.252. The Labute approximate surface area is 125 Å². The van der Waals surface area contributed by atoms with Gasteiger partial charge in [0.25, 0.3) is 0 Å². The van der Waals surface area contributed by atoms with Gasteiger partial charge in [-0.2, -0.15) is 0 Å². The molecule has 6 nitrogen and oxygen atoms in total. The Morgan fingerprint density at radius 3 is 2.67 bits per heavy atom. The second-order valence-electron chi connectivity index (χ2n) is 5.27. The zero-order valence-corrected chi connectivity index (χ0v) is 12.7. The average Bonchev–Trinajstić information content (AvgIpc) is 2.86. The van der Waals surface area contributed by atoms with E-state index < -0.39 is 10.0 Å². The summed E-state index contributed by atoms with van der Waals surface area (Å²) in [5.74, 6) is 1.09. The van der Waals surface area contributed by atoms with Crippen LogP contribution in [0.4, 0.5) is 5.69 Å². The highest BCUT2D eigenvalue weighted by Gasteiger charge is 2.28. The highest BCUT2D eigenvalue weighted by molar-refractivity contribution is 7.93. The molecule has 0 aromatic heterocycles. The SMILES string of the molecule is O=S1(=O)CCCN1c1ccc(CNC2=NCCCN2)cc1. The summed E-state index contributed by atoms with van der Waals surface area (Å²) < 4.78 is 25.2. The first-order chi connectivity index (χ1) is 10.1. The number of nitrogens with zero attached hydrogens (tertiary/aromatic N) is 2. The number of rotatable bonds is 3. The van der Waals surface area contributed by atoms with Gasteiger partial charge in [-0.1, -0.05) is 12.1 Å². The molecule has 0 radical (unpaired) electrons. The molecule has 0 bridgehead atoms. The van der Waals surface area contributed by atoms with Crippen LogP contribution in [0.15, 0.2) is 29.3 Å². The zero-order valence-electron chi connectivity index (χ0n) is 11.9. The molecule has 7 heteroatoms. The predicted molar refractivity (Wildman–Crippen MR) is 84.0 cm³/mol. The van der Waals surface area contributed by atoms with Crippen molar-refractivity contribution in [3.63, 3.8) is 0 Å². The number of aliphatic imine (C=N–C) groups is 1. The second-order valence-corrected chi connectivity index (χ2v) is 7.29. The number of guanidine groups is 1. The lowest BCUT2D eigenvalue weighted by molar-refractivity contribution is 0.599. The fourth-order valence-electron chi connectivity index (χ4n) is 2.55. The van der Waals surface area contributed by atoms with Crippen LogP contribution in [0, 0.1) is 0 Å². The fraction of sp³-hybridized carbons (Fsp3) is 0.500. The minimum Gasteiger partial charge on any atom is -0.356 e. The van der Waals surface area contributed by atoms with Gasteiger partial charge >= 0.3 is 0 Å². The molecule has 2 heterocycles. The van der Waals surface area contributed by atoms with Crippen molar-refractivity contribution in [3.05, 3.63) is 29.8 Å². The maximum Gasteiger partial charge on any atom is 0.235 e. The van der Waals surface area contributed by atoms with E-state index in [1.807, 2.05) is 24.3 Å². The number of nitrogens with one attached hydrogen (secondary N) is 2. The van der Waals surface area contributed by atoms with Gasteiger partial charge in [0.2, 0.25) is 10.0 Å². The summed E-state index contributed by atoms with van der Waals surface area (Å²) in [7, 11) is -3.09. The smallest absolute Gasteiger partial charge is 0.235 e. The summed E-state index contributed by atoms with van der Waals surface area (Å²) in [5, 5.41) is 6.46. The van der Waals surface area contributed by atoms with E-state index in [2.05, 4.69) is 15.6 Å². The third-order valence-corrected chi connectivity index (χ3v) is 5.55. The lowest BCUT2D eigenvalue weighted by atomic mass is 10.2. The minimum atomic E-state index is -3.09. The highest BCUT2D eigenvalue weighted by Crippen LogP contribution is 2.24. The largest absolute Gasteiger partial charge is 0.356 e. The van der Waals surface area contributed by atoms with Crippen LogP contribution < -0.4 is 14.9 Å². The molecule has 1 aromatic rings. The van der Waals surface area contributed by atoms with Crippen LogP contribution in [-0.2, 0) is 16.6 Å². The Hall–Kier alpha value is -1.76. The van der Waals surface area contributed by atoms with Crippen molar-refractivity contribution >= 4 is 21.7 Å². The molecular formula is C14H20N4O2S. The lowest BCUT2D eigenvalue weighted by Crippen LogP contribution is -2.40. The Morgan fingerprint density at radius 2 is 2.05 bits per heavy atom. The van der Waals surface area contributed by atoms with E-state index in [1.54, 1.807) is 0 Å². The zero-order chi connectivity index (χ0) is 14.7. The van der Waals surface area contributed by atoms with Gasteiger partial charge in [-0.05, 0) is 30.5 Å². The van der Waals surface area contributed by atoms with Crippen molar-refractivity contribution < 1.29 is 8.42 Å². The molecule has 3 rings (SSSR count).